The second kappa shape index (κ2) is 10.0. The zero-order valence-corrected chi connectivity index (χ0v) is 23.9. The number of aliphatic hydroxyl groups is 3. The SMILES string of the molecule is C[C@@H]1C[C@@H]2[C@H](C3C=C(COC(=O)c4ccccc4)C(O)C4(O)CC(O)C(OC(=O)c5ccccc5)=CC14C3=O)C2(C)C. The van der Waals surface area contributed by atoms with E-state index in [9.17, 15) is 29.7 Å². The summed E-state index contributed by atoms with van der Waals surface area (Å²) < 4.78 is 11.2. The number of rotatable bonds is 5. The molecule has 2 fully saturated rings. The van der Waals surface area contributed by atoms with Gasteiger partial charge in [-0.05, 0) is 65.5 Å². The van der Waals surface area contributed by atoms with Crippen LogP contribution in [0.3, 0.4) is 0 Å². The molecule has 0 aliphatic heterocycles. The Hall–Kier alpha value is -3.59. The van der Waals surface area contributed by atoms with E-state index >= 15 is 0 Å². The Morgan fingerprint density at radius 2 is 1.55 bits per heavy atom. The Kier molecular flexibility index (Phi) is 6.79. The van der Waals surface area contributed by atoms with Crippen molar-refractivity contribution in [1.82, 2.24) is 0 Å². The van der Waals surface area contributed by atoms with Crippen LogP contribution in [0.4, 0.5) is 0 Å². The molecular formula is C34H36O8. The molecule has 8 heteroatoms. The first-order valence-electron chi connectivity index (χ1n) is 14.5. The van der Waals surface area contributed by atoms with E-state index < -0.39 is 53.4 Å². The van der Waals surface area contributed by atoms with Crippen molar-refractivity contribution >= 4 is 17.7 Å². The van der Waals surface area contributed by atoms with Gasteiger partial charge in [0, 0.05) is 12.3 Å². The number of aliphatic hydroxyl groups excluding tert-OH is 2. The Morgan fingerprint density at radius 3 is 2.17 bits per heavy atom. The van der Waals surface area contributed by atoms with Crippen LogP contribution in [0.5, 0.6) is 0 Å². The molecule has 2 saturated carbocycles. The van der Waals surface area contributed by atoms with Crippen molar-refractivity contribution in [3.63, 3.8) is 0 Å². The van der Waals surface area contributed by atoms with Gasteiger partial charge in [-0.15, -0.1) is 0 Å². The Labute approximate surface area is 244 Å². The topological polar surface area (TPSA) is 130 Å². The van der Waals surface area contributed by atoms with Crippen molar-refractivity contribution < 1.29 is 39.2 Å². The Bertz CT molecular complexity index is 1480. The fraction of sp³-hybridized carbons (Fsp3) is 0.441. The van der Waals surface area contributed by atoms with Crippen LogP contribution in [0.1, 0.15) is 54.3 Å². The summed E-state index contributed by atoms with van der Waals surface area (Å²) in [5, 5.41) is 35.5. The summed E-state index contributed by atoms with van der Waals surface area (Å²) in [5.41, 5.74) is -3.13. The van der Waals surface area contributed by atoms with Gasteiger partial charge in [0.05, 0.1) is 16.5 Å². The summed E-state index contributed by atoms with van der Waals surface area (Å²) in [4.78, 5) is 40.5. The second-order valence-corrected chi connectivity index (χ2v) is 12.9. The number of Topliss-reactive ketones (excluding diaryl/α,β-unsaturated/α-hetero) is 1. The molecule has 220 valence electrons. The van der Waals surface area contributed by atoms with Crippen LogP contribution in [-0.4, -0.2) is 57.5 Å². The fourth-order valence-corrected chi connectivity index (χ4v) is 7.98. The first kappa shape index (κ1) is 28.5. The van der Waals surface area contributed by atoms with Gasteiger partial charge in [-0.1, -0.05) is 63.2 Å². The van der Waals surface area contributed by atoms with Gasteiger partial charge in [0.1, 0.15) is 30.2 Å². The lowest BCUT2D eigenvalue weighted by Crippen LogP contribution is -2.65. The highest BCUT2D eigenvalue weighted by atomic mass is 16.5. The largest absolute Gasteiger partial charge is 0.457 e. The van der Waals surface area contributed by atoms with Crippen molar-refractivity contribution in [2.75, 3.05) is 6.61 Å². The second-order valence-electron chi connectivity index (χ2n) is 12.9. The van der Waals surface area contributed by atoms with Gasteiger partial charge in [-0.25, -0.2) is 9.59 Å². The molecule has 0 amide bonds. The maximum atomic E-state index is 14.7. The first-order chi connectivity index (χ1) is 19.9. The molecule has 8 nitrogen and oxygen atoms in total. The third-order valence-corrected chi connectivity index (χ3v) is 10.3. The number of ketones is 1. The number of ether oxygens (including phenoxy) is 2. The van der Waals surface area contributed by atoms with Crippen LogP contribution in [0, 0.1) is 34.5 Å². The van der Waals surface area contributed by atoms with Gasteiger partial charge >= 0.3 is 11.9 Å². The molecule has 0 radical (unpaired) electrons. The zero-order valence-electron chi connectivity index (χ0n) is 23.9. The van der Waals surface area contributed by atoms with Crippen molar-refractivity contribution in [3.05, 3.63) is 95.3 Å². The van der Waals surface area contributed by atoms with Gasteiger partial charge in [-0.3, -0.25) is 4.79 Å². The maximum Gasteiger partial charge on any atom is 0.343 e. The lowest BCUT2D eigenvalue weighted by atomic mass is 9.54. The fourth-order valence-electron chi connectivity index (χ4n) is 7.98. The van der Waals surface area contributed by atoms with Crippen LogP contribution >= 0.6 is 0 Å². The van der Waals surface area contributed by atoms with Gasteiger partial charge < -0.3 is 24.8 Å². The van der Waals surface area contributed by atoms with Crippen LogP contribution in [-0.2, 0) is 14.3 Å². The molecule has 2 bridgehead atoms. The van der Waals surface area contributed by atoms with Crippen LogP contribution in [0.15, 0.2) is 84.1 Å². The van der Waals surface area contributed by atoms with Gasteiger partial charge in [0.15, 0.2) is 5.78 Å². The lowest BCUT2D eigenvalue weighted by molar-refractivity contribution is -0.184. The molecule has 3 N–H and O–H groups in total. The molecule has 2 aromatic rings. The molecule has 42 heavy (non-hydrogen) atoms. The predicted octanol–water partition coefficient (Wildman–Crippen LogP) is 3.86. The first-order valence-corrected chi connectivity index (χ1v) is 14.5. The summed E-state index contributed by atoms with van der Waals surface area (Å²) in [6.45, 7) is 5.77. The third-order valence-electron chi connectivity index (χ3n) is 10.3. The van der Waals surface area contributed by atoms with Crippen LogP contribution in [0.25, 0.3) is 0 Å². The van der Waals surface area contributed by atoms with E-state index in [2.05, 4.69) is 13.8 Å². The van der Waals surface area contributed by atoms with E-state index in [0.717, 1.165) is 0 Å². The average molecular weight is 573 g/mol. The number of carbonyl (C=O) groups is 3. The molecule has 5 unspecified atom stereocenters. The molecule has 6 rings (SSSR count). The summed E-state index contributed by atoms with van der Waals surface area (Å²) in [6.07, 6.45) is 0.121. The maximum absolute atomic E-state index is 14.7. The number of carbonyl (C=O) groups excluding carboxylic acids is 3. The molecule has 1 spiro atoms. The number of fused-ring (bicyclic) bond motifs is 3. The van der Waals surface area contributed by atoms with Crippen LogP contribution in [0.2, 0.25) is 0 Å². The van der Waals surface area contributed by atoms with Crippen LogP contribution < -0.4 is 0 Å². The van der Waals surface area contributed by atoms with E-state index in [4.69, 9.17) is 9.47 Å². The zero-order chi connectivity index (χ0) is 30.0. The molecule has 2 aromatic carbocycles. The Morgan fingerprint density at radius 1 is 0.952 bits per heavy atom. The van der Waals surface area contributed by atoms with E-state index in [1.165, 1.54) is 6.08 Å². The quantitative estimate of drug-likeness (QED) is 0.364. The molecule has 4 aliphatic carbocycles. The van der Waals surface area contributed by atoms with Crippen molar-refractivity contribution in [3.8, 4) is 0 Å². The Balaban J connectivity index is 1.42. The van der Waals surface area contributed by atoms with E-state index in [1.807, 2.05) is 6.92 Å². The van der Waals surface area contributed by atoms with Crippen molar-refractivity contribution in [2.45, 2.75) is 51.4 Å². The number of hydrogen-bond donors (Lipinski definition) is 3. The lowest BCUT2D eigenvalue weighted by Gasteiger charge is -2.53. The molecule has 0 heterocycles. The van der Waals surface area contributed by atoms with Gasteiger partial charge in [-0.2, -0.15) is 0 Å². The normalized spacial score (nSPS) is 36.2. The standard InChI is InChI=1S/C34H36O8/c1-19-14-24-27(32(24,2)3)23-15-22(18-41-30(38)20-10-6-4-7-11-20)28(36)34(40)16-25(35)26(17-33(19,34)29(23)37)42-31(39)21-12-8-5-9-13-21/h4-13,15,17,19,23-25,27-28,35-36,40H,14,16,18H2,1-3H3/t19-,23?,24-,25?,27+,28?,33?,34?/m1/s1. The minimum atomic E-state index is -2.15. The minimum Gasteiger partial charge on any atom is -0.457 e. The van der Waals surface area contributed by atoms with E-state index in [-0.39, 0.29) is 46.5 Å². The molecule has 0 saturated heterocycles. The molecule has 0 aromatic heterocycles. The number of benzene rings is 2. The third kappa shape index (κ3) is 4.19. The van der Waals surface area contributed by atoms with Gasteiger partial charge in [0.25, 0.3) is 0 Å². The molecule has 4 aliphatic rings. The van der Waals surface area contributed by atoms with Crippen molar-refractivity contribution in [2.24, 2.45) is 34.5 Å². The monoisotopic (exact) mass is 572 g/mol. The average Bonchev–Trinajstić information content (AvgIpc) is 3.55. The summed E-state index contributed by atoms with van der Waals surface area (Å²) in [7, 11) is 0. The number of esters is 2. The number of allylic oxidation sites excluding steroid dienone is 1. The minimum absolute atomic E-state index is 0.0447. The summed E-state index contributed by atoms with van der Waals surface area (Å²) in [5.74, 6) is -2.71. The van der Waals surface area contributed by atoms with E-state index in [1.54, 1.807) is 66.7 Å². The van der Waals surface area contributed by atoms with Crippen molar-refractivity contribution in [1.29, 1.82) is 0 Å². The summed E-state index contributed by atoms with van der Waals surface area (Å²) in [6, 6.07) is 16.7. The highest BCUT2D eigenvalue weighted by Gasteiger charge is 2.73. The smallest absolute Gasteiger partial charge is 0.343 e. The highest BCUT2D eigenvalue weighted by molar-refractivity contribution is 5.95. The molecular weight excluding hydrogens is 536 g/mol. The molecule has 8 atom stereocenters. The summed E-state index contributed by atoms with van der Waals surface area (Å²) >= 11 is 0. The predicted molar refractivity (Wildman–Crippen MR) is 152 cm³/mol. The van der Waals surface area contributed by atoms with Gasteiger partial charge in [0.2, 0.25) is 0 Å². The highest BCUT2D eigenvalue weighted by Crippen LogP contribution is 2.71. The number of hydrogen-bond acceptors (Lipinski definition) is 8. The van der Waals surface area contributed by atoms with E-state index in [0.29, 0.717) is 12.0 Å².